The number of aromatic nitrogens is 3. The van der Waals surface area contributed by atoms with E-state index >= 15 is 0 Å². The molecule has 2 atom stereocenters. The molecule has 0 spiro atoms. The Hall–Kier alpha value is -2.97. The summed E-state index contributed by atoms with van der Waals surface area (Å²) in [5.41, 5.74) is 4.56. The van der Waals surface area contributed by atoms with E-state index in [1.54, 1.807) is 11.6 Å². The second-order valence-electron chi connectivity index (χ2n) is 9.36. The maximum absolute atomic E-state index is 12.7. The van der Waals surface area contributed by atoms with Crippen molar-refractivity contribution in [3.05, 3.63) is 51.9 Å². The molecule has 1 saturated heterocycles. The van der Waals surface area contributed by atoms with Crippen LogP contribution in [0.3, 0.4) is 0 Å². The number of imidazole rings is 1. The molecule has 1 N–H and O–H groups in total. The number of hydrogen-bond donors (Lipinski definition) is 1. The van der Waals surface area contributed by atoms with Gasteiger partial charge in [0.25, 0.3) is 5.56 Å². The molecule has 34 heavy (non-hydrogen) atoms. The van der Waals surface area contributed by atoms with Gasteiger partial charge in [0.15, 0.2) is 0 Å². The topological polar surface area (TPSA) is 87.4 Å². The molecule has 3 aromatic rings. The smallest absolute Gasteiger partial charge is 0.323 e. The van der Waals surface area contributed by atoms with Crippen molar-refractivity contribution in [1.82, 2.24) is 19.4 Å². The van der Waals surface area contributed by atoms with Crippen molar-refractivity contribution in [2.75, 3.05) is 13.2 Å². The molecular weight excluding hydrogens is 432 g/mol. The minimum absolute atomic E-state index is 0.00467. The molecule has 182 valence electrons. The number of esters is 1. The van der Waals surface area contributed by atoms with Crippen molar-refractivity contribution in [3.8, 4) is 11.4 Å². The molecule has 1 aliphatic heterocycles. The summed E-state index contributed by atoms with van der Waals surface area (Å²) in [5, 5.41) is 3.37. The van der Waals surface area contributed by atoms with Crippen molar-refractivity contribution in [3.63, 3.8) is 0 Å². The van der Waals surface area contributed by atoms with Gasteiger partial charge in [-0.1, -0.05) is 19.9 Å². The molecule has 0 radical (unpaired) electrons. The number of hydrogen-bond acceptors (Lipinski definition) is 6. The van der Waals surface area contributed by atoms with Crippen molar-refractivity contribution in [2.24, 2.45) is 13.0 Å². The number of carbonyl (C=O) groups excluding carboxylic acids is 1. The van der Waals surface area contributed by atoms with Crippen LogP contribution < -0.4 is 10.9 Å². The molecule has 0 bridgehead atoms. The fourth-order valence-corrected chi connectivity index (χ4v) is 4.49. The number of rotatable bonds is 8. The normalized spacial score (nSPS) is 16.9. The molecule has 0 aliphatic carbocycles. The van der Waals surface area contributed by atoms with Gasteiger partial charge in [-0.3, -0.25) is 9.59 Å². The lowest BCUT2D eigenvalue weighted by molar-refractivity contribution is -0.152. The van der Waals surface area contributed by atoms with Gasteiger partial charge in [0.05, 0.1) is 24.2 Å². The first kappa shape index (κ1) is 24.2. The summed E-state index contributed by atoms with van der Waals surface area (Å²) < 4.78 is 14.7. The minimum Gasteiger partial charge on any atom is -0.459 e. The van der Waals surface area contributed by atoms with Crippen LogP contribution in [0.4, 0.5) is 0 Å². The van der Waals surface area contributed by atoms with E-state index in [0.29, 0.717) is 25.3 Å². The van der Waals surface area contributed by atoms with Gasteiger partial charge in [-0.25, -0.2) is 4.98 Å². The number of benzene rings is 1. The monoisotopic (exact) mass is 466 g/mol. The van der Waals surface area contributed by atoms with Crippen molar-refractivity contribution in [1.29, 1.82) is 0 Å². The molecule has 1 aliphatic rings. The van der Waals surface area contributed by atoms with E-state index < -0.39 is 6.04 Å². The molecule has 0 saturated carbocycles. The third-order valence-corrected chi connectivity index (χ3v) is 6.37. The number of carbonyl (C=O) groups is 1. The van der Waals surface area contributed by atoms with Crippen LogP contribution in [-0.2, 0) is 34.4 Å². The van der Waals surface area contributed by atoms with Crippen LogP contribution in [0.1, 0.15) is 38.3 Å². The Morgan fingerprint density at radius 2 is 2.12 bits per heavy atom. The highest BCUT2D eigenvalue weighted by Gasteiger charge is 2.28. The quantitative estimate of drug-likeness (QED) is 0.513. The van der Waals surface area contributed by atoms with Gasteiger partial charge >= 0.3 is 5.97 Å². The third-order valence-electron chi connectivity index (χ3n) is 6.37. The molecular formula is C26H34N4O4. The van der Waals surface area contributed by atoms with E-state index in [-0.39, 0.29) is 23.6 Å². The lowest BCUT2D eigenvalue weighted by Gasteiger charge is -2.22. The Morgan fingerprint density at radius 3 is 2.76 bits per heavy atom. The van der Waals surface area contributed by atoms with E-state index in [2.05, 4.69) is 35.0 Å². The van der Waals surface area contributed by atoms with Crippen molar-refractivity contribution >= 4 is 17.0 Å². The highest BCUT2D eigenvalue weighted by molar-refractivity contribution is 5.81. The largest absolute Gasteiger partial charge is 0.459 e. The average Bonchev–Trinajstić information content (AvgIpc) is 3.44. The van der Waals surface area contributed by atoms with Gasteiger partial charge in [0.1, 0.15) is 18.0 Å². The van der Waals surface area contributed by atoms with Gasteiger partial charge in [-0.15, -0.1) is 0 Å². The molecule has 1 aromatic carbocycles. The zero-order valence-corrected chi connectivity index (χ0v) is 20.6. The van der Waals surface area contributed by atoms with Crippen LogP contribution >= 0.6 is 0 Å². The molecule has 2 aromatic heterocycles. The Kier molecular flexibility index (Phi) is 7.19. The fraction of sp³-hybridized carbons (Fsp3) is 0.500. The van der Waals surface area contributed by atoms with Gasteiger partial charge < -0.3 is 23.9 Å². The molecule has 1 unspecified atom stereocenters. The Bertz CT molecular complexity index is 1210. The maximum atomic E-state index is 12.7. The number of pyridine rings is 1. The Morgan fingerprint density at radius 1 is 1.32 bits per heavy atom. The van der Waals surface area contributed by atoms with Gasteiger partial charge in [0, 0.05) is 43.9 Å². The van der Waals surface area contributed by atoms with Gasteiger partial charge in [-0.2, -0.15) is 0 Å². The zero-order chi connectivity index (χ0) is 24.4. The minimum atomic E-state index is -0.395. The van der Waals surface area contributed by atoms with E-state index in [1.807, 2.05) is 33.0 Å². The lowest BCUT2D eigenvalue weighted by Crippen LogP contribution is -2.43. The third kappa shape index (κ3) is 4.93. The van der Waals surface area contributed by atoms with E-state index in [1.165, 1.54) is 0 Å². The van der Waals surface area contributed by atoms with Crippen molar-refractivity contribution in [2.45, 2.75) is 59.4 Å². The first-order chi connectivity index (χ1) is 16.3. The lowest BCUT2D eigenvalue weighted by atomic mass is 10.0. The second kappa shape index (κ2) is 10.1. The Labute approximate surface area is 199 Å². The van der Waals surface area contributed by atoms with Gasteiger partial charge in [0.2, 0.25) is 0 Å². The number of aryl methyl sites for hydroxylation is 3. The van der Waals surface area contributed by atoms with E-state index in [4.69, 9.17) is 14.5 Å². The summed E-state index contributed by atoms with van der Waals surface area (Å²) in [7, 11) is 1.76. The van der Waals surface area contributed by atoms with E-state index in [9.17, 15) is 9.59 Å². The number of nitrogens with one attached hydrogen (secondary N) is 1. The van der Waals surface area contributed by atoms with Crippen LogP contribution in [0.5, 0.6) is 0 Å². The summed E-state index contributed by atoms with van der Waals surface area (Å²) >= 11 is 0. The molecule has 4 rings (SSSR count). The summed E-state index contributed by atoms with van der Waals surface area (Å²) in [6.07, 6.45) is 2.44. The number of ether oxygens (including phenoxy) is 2. The first-order valence-corrected chi connectivity index (χ1v) is 12.0. The SMILES string of the molecule is CCn1c(-c2cc(C)c(=O)n(C)c2)nc2cc(CNC(C(=O)O[C@H]3CCOC3)C(C)C)ccc21. The predicted octanol–water partition coefficient (Wildman–Crippen LogP) is 3.18. The average molecular weight is 467 g/mol. The summed E-state index contributed by atoms with van der Waals surface area (Å²) in [4.78, 5) is 29.8. The molecule has 8 heteroatoms. The summed E-state index contributed by atoms with van der Waals surface area (Å²) in [6.45, 7) is 10.3. The van der Waals surface area contributed by atoms with Crippen molar-refractivity contribution < 1.29 is 14.3 Å². The highest BCUT2D eigenvalue weighted by Crippen LogP contribution is 2.26. The maximum Gasteiger partial charge on any atom is 0.323 e. The Balaban J connectivity index is 1.56. The summed E-state index contributed by atoms with van der Waals surface area (Å²) in [5.74, 6) is 0.704. The van der Waals surface area contributed by atoms with Gasteiger partial charge in [-0.05, 0) is 43.5 Å². The fourth-order valence-electron chi connectivity index (χ4n) is 4.49. The van der Waals surface area contributed by atoms with Crippen LogP contribution in [0.25, 0.3) is 22.4 Å². The number of fused-ring (bicyclic) bond motifs is 1. The number of nitrogens with zero attached hydrogens (tertiary/aromatic N) is 3. The van der Waals surface area contributed by atoms with Crippen LogP contribution in [0.2, 0.25) is 0 Å². The second-order valence-corrected chi connectivity index (χ2v) is 9.36. The molecule has 8 nitrogen and oxygen atoms in total. The molecule has 0 amide bonds. The molecule has 1 fully saturated rings. The van der Waals surface area contributed by atoms with E-state index in [0.717, 1.165) is 41.0 Å². The highest BCUT2D eigenvalue weighted by atomic mass is 16.6. The van der Waals surface area contributed by atoms with Crippen LogP contribution in [0.15, 0.2) is 35.3 Å². The summed E-state index contributed by atoms with van der Waals surface area (Å²) in [6, 6.07) is 7.69. The van der Waals surface area contributed by atoms with Crippen LogP contribution in [-0.4, -0.2) is 45.4 Å². The first-order valence-electron chi connectivity index (χ1n) is 12.0. The predicted molar refractivity (Wildman–Crippen MR) is 132 cm³/mol. The molecule has 3 heterocycles. The zero-order valence-electron chi connectivity index (χ0n) is 20.6. The van der Waals surface area contributed by atoms with Crippen LogP contribution in [0, 0.1) is 12.8 Å². The standard InChI is InChI=1S/C26H34N4O4/c1-6-30-22-8-7-18(13-27-23(16(2)3)26(32)34-20-9-10-33-15-20)12-21(22)28-24(30)19-11-17(4)25(31)29(5)14-19/h7-8,11-12,14,16,20,23,27H,6,9-10,13,15H2,1-5H3/t20-,23?/m0/s1.